The molecule has 5 nitrogen and oxygen atoms in total. The van der Waals surface area contributed by atoms with E-state index >= 15 is 0 Å². The van der Waals surface area contributed by atoms with Crippen LogP contribution in [-0.4, -0.2) is 49.6 Å². The Kier molecular flexibility index (Phi) is 9.78. The number of thioether (sulfide) groups is 1. The summed E-state index contributed by atoms with van der Waals surface area (Å²) in [6, 6.07) is 8.18. The van der Waals surface area contributed by atoms with Crippen LogP contribution in [0.25, 0.3) is 0 Å². The summed E-state index contributed by atoms with van der Waals surface area (Å²) >= 11 is 1.82. The Bertz CT molecular complexity index is 621. The second-order valence-corrected chi connectivity index (χ2v) is 8.36. The first-order valence-corrected chi connectivity index (χ1v) is 10.1. The first-order valence-electron chi connectivity index (χ1n) is 8.85. The van der Waals surface area contributed by atoms with Crippen LogP contribution < -0.4 is 15.5 Å². The van der Waals surface area contributed by atoms with Crippen molar-refractivity contribution in [1.29, 1.82) is 0 Å². The van der Waals surface area contributed by atoms with Gasteiger partial charge >= 0.3 is 0 Å². The quantitative estimate of drug-likeness (QED) is 0.267. The number of aliphatic imine (C=N–C) groups is 1. The molecular formula is C19H31IN4OS. The molecule has 1 aliphatic heterocycles. The van der Waals surface area contributed by atoms with Gasteiger partial charge in [-0.1, -0.05) is 18.2 Å². The Labute approximate surface area is 178 Å². The maximum Gasteiger partial charge on any atom is 0.227 e. The van der Waals surface area contributed by atoms with Gasteiger partial charge in [0.15, 0.2) is 5.96 Å². The Morgan fingerprint density at radius 2 is 2.04 bits per heavy atom. The SMILES string of the molecule is CN=C(NCCCC(=O)N1CCc2ccccc21)NCC(C)(C)SC.I. The number of benzene rings is 1. The molecule has 146 valence electrons. The van der Waals surface area contributed by atoms with E-state index in [4.69, 9.17) is 0 Å². The van der Waals surface area contributed by atoms with Crippen molar-refractivity contribution in [3.8, 4) is 0 Å². The average molecular weight is 490 g/mol. The van der Waals surface area contributed by atoms with Gasteiger partial charge in [-0.2, -0.15) is 11.8 Å². The van der Waals surface area contributed by atoms with Crippen LogP contribution in [0.5, 0.6) is 0 Å². The molecule has 0 aliphatic carbocycles. The van der Waals surface area contributed by atoms with E-state index in [9.17, 15) is 4.79 Å². The Morgan fingerprint density at radius 1 is 1.31 bits per heavy atom. The average Bonchev–Trinajstić information content (AvgIpc) is 3.05. The largest absolute Gasteiger partial charge is 0.356 e. The van der Waals surface area contributed by atoms with Gasteiger partial charge in [0.05, 0.1) is 0 Å². The molecule has 1 aliphatic rings. The molecule has 1 heterocycles. The number of fused-ring (bicyclic) bond motifs is 1. The minimum absolute atomic E-state index is 0. The number of hydrogen-bond acceptors (Lipinski definition) is 3. The predicted octanol–water partition coefficient (Wildman–Crippen LogP) is 3.28. The third-order valence-corrected chi connectivity index (χ3v) is 5.76. The zero-order valence-corrected chi connectivity index (χ0v) is 19.3. The Balaban J connectivity index is 0.00000338. The van der Waals surface area contributed by atoms with Crippen LogP contribution in [0.1, 0.15) is 32.3 Å². The lowest BCUT2D eigenvalue weighted by Crippen LogP contribution is -2.43. The number of nitrogens with zero attached hydrogens (tertiary/aromatic N) is 2. The van der Waals surface area contributed by atoms with Crippen molar-refractivity contribution < 1.29 is 4.79 Å². The molecule has 1 aromatic rings. The number of anilines is 1. The lowest BCUT2D eigenvalue weighted by molar-refractivity contribution is -0.118. The number of halogens is 1. The van der Waals surface area contributed by atoms with E-state index in [1.54, 1.807) is 7.05 Å². The monoisotopic (exact) mass is 490 g/mol. The van der Waals surface area contributed by atoms with Gasteiger partial charge in [-0.15, -0.1) is 24.0 Å². The van der Waals surface area contributed by atoms with E-state index in [0.717, 1.165) is 44.1 Å². The standard InChI is InChI=1S/C19H30N4OS.HI/c1-19(2,25-4)14-22-18(20-3)21-12-7-10-17(24)23-13-11-15-8-5-6-9-16(15)23;/h5-6,8-9H,7,10-14H2,1-4H3,(H2,20,21,22);1H. The van der Waals surface area contributed by atoms with Crippen molar-refractivity contribution in [3.63, 3.8) is 0 Å². The smallest absolute Gasteiger partial charge is 0.227 e. The molecule has 0 radical (unpaired) electrons. The van der Waals surface area contributed by atoms with Crippen molar-refractivity contribution in [3.05, 3.63) is 29.8 Å². The maximum absolute atomic E-state index is 12.5. The molecule has 0 saturated carbocycles. The third-order valence-electron chi connectivity index (χ3n) is 4.51. The van der Waals surface area contributed by atoms with Crippen LogP contribution >= 0.6 is 35.7 Å². The summed E-state index contributed by atoms with van der Waals surface area (Å²) in [4.78, 5) is 18.6. The zero-order chi connectivity index (χ0) is 18.3. The number of amides is 1. The summed E-state index contributed by atoms with van der Waals surface area (Å²) in [5.41, 5.74) is 2.35. The molecule has 0 bridgehead atoms. The van der Waals surface area contributed by atoms with E-state index < -0.39 is 0 Å². The number of guanidine groups is 1. The minimum atomic E-state index is 0. The van der Waals surface area contributed by atoms with Gasteiger partial charge in [-0.25, -0.2) is 0 Å². The molecule has 0 fully saturated rings. The van der Waals surface area contributed by atoms with Gasteiger partial charge in [-0.3, -0.25) is 9.79 Å². The van der Waals surface area contributed by atoms with Crippen LogP contribution in [0.4, 0.5) is 5.69 Å². The number of carbonyl (C=O) groups is 1. The molecular weight excluding hydrogens is 459 g/mol. The maximum atomic E-state index is 12.5. The van der Waals surface area contributed by atoms with E-state index in [1.165, 1.54) is 5.56 Å². The fourth-order valence-corrected chi connectivity index (χ4v) is 2.98. The molecule has 0 spiro atoms. The second-order valence-electron chi connectivity index (χ2n) is 6.84. The summed E-state index contributed by atoms with van der Waals surface area (Å²) in [6.07, 6.45) is 4.42. The van der Waals surface area contributed by atoms with Gasteiger partial charge in [0.2, 0.25) is 5.91 Å². The van der Waals surface area contributed by atoms with Crippen LogP contribution in [0.3, 0.4) is 0 Å². The number of hydrogen-bond donors (Lipinski definition) is 2. The number of carbonyl (C=O) groups excluding carboxylic acids is 1. The zero-order valence-electron chi connectivity index (χ0n) is 16.2. The highest BCUT2D eigenvalue weighted by atomic mass is 127. The molecule has 7 heteroatoms. The van der Waals surface area contributed by atoms with Crippen molar-refractivity contribution in [2.24, 2.45) is 4.99 Å². The van der Waals surface area contributed by atoms with Crippen molar-refractivity contribution in [1.82, 2.24) is 10.6 Å². The normalized spacial score (nSPS) is 13.8. The first-order chi connectivity index (χ1) is 12.0. The van der Waals surface area contributed by atoms with Crippen molar-refractivity contribution >= 4 is 53.3 Å². The van der Waals surface area contributed by atoms with Gasteiger partial charge in [0.1, 0.15) is 0 Å². The molecule has 1 aromatic carbocycles. The summed E-state index contributed by atoms with van der Waals surface area (Å²) in [6.45, 7) is 6.78. The van der Waals surface area contributed by atoms with Gasteiger partial charge in [0, 0.05) is 43.5 Å². The highest BCUT2D eigenvalue weighted by molar-refractivity contribution is 14.0. The molecule has 2 rings (SSSR count). The Morgan fingerprint density at radius 3 is 2.73 bits per heavy atom. The summed E-state index contributed by atoms with van der Waals surface area (Å²) in [5.74, 6) is 0.999. The van der Waals surface area contributed by atoms with Crippen molar-refractivity contribution in [2.75, 3.05) is 37.8 Å². The van der Waals surface area contributed by atoms with E-state index in [-0.39, 0.29) is 34.6 Å². The van der Waals surface area contributed by atoms with Crippen LogP contribution in [-0.2, 0) is 11.2 Å². The number of nitrogens with one attached hydrogen (secondary N) is 2. The van der Waals surface area contributed by atoms with E-state index in [2.05, 4.69) is 41.8 Å². The molecule has 26 heavy (non-hydrogen) atoms. The summed E-state index contributed by atoms with van der Waals surface area (Å²) in [5, 5.41) is 6.63. The van der Waals surface area contributed by atoms with Crippen LogP contribution in [0.2, 0.25) is 0 Å². The highest BCUT2D eigenvalue weighted by Crippen LogP contribution is 2.27. The third kappa shape index (κ3) is 6.64. The second kappa shape index (κ2) is 11.0. The summed E-state index contributed by atoms with van der Waals surface area (Å²) < 4.78 is 0.163. The first kappa shape index (κ1) is 23.1. The lowest BCUT2D eigenvalue weighted by Gasteiger charge is -2.23. The van der Waals surface area contributed by atoms with Gasteiger partial charge < -0.3 is 15.5 Å². The molecule has 1 amide bonds. The fourth-order valence-electron chi connectivity index (χ4n) is 2.77. The highest BCUT2D eigenvalue weighted by Gasteiger charge is 2.23. The molecule has 0 unspecified atom stereocenters. The van der Waals surface area contributed by atoms with E-state index in [1.807, 2.05) is 34.9 Å². The van der Waals surface area contributed by atoms with Crippen LogP contribution in [0, 0.1) is 0 Å². The molecule has 2 N–H and O–H groups in total. The number of rotatable bonds is 7. The fraction of sp³-hybridized carbons (Fsp3) is 0.579. The molecule has 0 aromatic heterocycles. The molecule has 0 saturated heterocycles. The lowest BCUT2D eigenvalue weighted by atomic mass is 10.2. The van der Waals surface area contributed by atoms with E-state index in [0.29, 0.717) is 6.42 Å². The minimum Gasteiger partial charge on any atom is -0.356 e. The number of para-hydroxylation sites is 1. The topological polar surface area (TPSA) is 56.7 Å². The van der Waals surface area contributed by atoms with Crippen LogP contribution in [0.15, 0.2) is 29.3 Å². The molecule has 0 atom stereocenters. The Hall–Kier alpha value is -0.960. The predicted molar refractivity (Wildman–Crippen MR) is 124 cm³/mol. The van der Waals surface area contributed by atoms with Gasteiger partial charge in [-0.05, 0) is 44.6 Å². The van der Waals surface area contributed by atoms with Crippen molar-refractivity contribution in [2.45, 2.75) is 37.9 Å². The van der Waals surface area contributed by atoms with Gasteiger partial charge in [0.25, 0.3) is 0 Å². The summed E-state index contributed by atoms with van der Waals surface area (Å²) in [7, 11) is 1.77.